The Balaban J connectivity index is 2.15. The molecule has 1 aromatic heterocycles. The van der Waals surface area contributed by atoms with Crippen LogP contribution in [-0.4, -0.2) is 62.5 Å². The van der Waals surface area contributed by atoms with Gasteiger partial charge in [0.15, 0.2) is 9.84 Å². The lowest BCUT2D eigenvalue weighted by atomic mass is 9.92. The van der Waals surface area contributed by atoms with E-state index in [0.29, 0.717) is 25.5 Å². The number of hydrogen-bond donors (Lipinski definition) is 1. The number of rotatable bonds is 7. The number of nitrogens with zero attached hydrogens (tertiary/aromatic N) is 2. The Labute approximate surface area is 148 Å². The molecule has 0 spiro atoms. The number of nitrogens with one attached hydrogen (secondary N) is 1. The van der Waals surface area contributed by atoms with Crippen molar-refractivity contribution >= 4 is 21.6 Å². The SMILES string of the molecule is COCCOCC(=O)Nc1cc(C(C)(C)C)nn1C1CCS(=O)(=O)C1. The van der Waals surface area contributed by atoms with Crippen LogP contribution in [0.5, 0.6) is 0 Å². The summed E-state index contributed by atoms with van der Waals surface area (Å²) in [7, 11) is -1.49. The minimum Gasteiger partial charge on any atom is -0.382 e. The quantitative estimate of drug-likeness (QED) is 0.720. The standard InChI is InChI=1S/C16H27N3O5S/c1-16(2,3)13-9-14(17-15(20)10-24-7-6-23-4)19(18-13)12-5-8-25(21,22)11-12/h9,12H,5-8,10-11H2,1-4H3,(H,17,20). The highest BCUT2D eigenvalue weighted by atomic mass is 32.2. The third-order valence-electron chi connectivity index (χ3n) is 3.99. The van der Waals surface area contributed by atoms with Gasteiger partial charge in [0.2, 0.25) is 0 Å². The molecule has 1 aromatic rings. The molecule has 8 nitrogen and oxygen atoms in total. The largest absolute Gasteiger partial charge is 0.382 e. The van der Waals surface area contributed by atoms with E-state index in [1.807, 2.05) is 20.8 Å². The van der Waals surface area contributed by atoms with Gasteiger partial charge in [-0.2, -0.15) is 5.10 Å². The van der Waals surface area contributed by atoms with E-state index in [2.05, 4.69) is 10.4 Å². The summed E-state index contributed by atoms with van der Waals surface area (Å²) in [5.41, 5.74) is 0.587. The maximum Gasteiger partial charge on any atom is 0.251 e. The first-order chi connectivity index (χ1) is 11.6. The van der Waals surface area contributed by atoms with Crippen molar-refractivity contribution in [2.24, 2.45) is 0 Å². The Bertz CT molecular complexity index is 706. The molecule has 142 valence electrons. The Kier molecular flexibility index (Phi) is 6.23. The molecule has 1 fully saturated rings. The molecule has 2 rings (SSSR count). The average Bonchev–Trinajstić information content (AvgIpc) is 3.06. The van der Waals surface area contributed by atoms with Crippen LogP contribution >= 0.6 is 0 Å². The van der Waals surface area contributed by atoms with Gasteiger partial charge in [-0.15, -0.1) is 0 Å². The molecule has 1 N–H and O–H groups in total. The van der Waals surface area contributed by atoms with E-state index in [-0.39, 0.29) is 35.5 Å². The molecule has 1 unspecified atom stereocenters. The van der Waals surface area contributed by atoms with Gasteiger partial charge in [0.1, 0.15) is 12.4 Å². The van der Waals surface area contributed by atoms with Crippen molar-refractivity contribution in [3.63, 3.8) is 0 Å². The van der Waals surface area contributed by atoms with Gasteiger partial charge >= 0.3 is 0 Å². The molecule has 0 saturated carbocycles. The van der Waals surface area contributed by atoms with Crippen LogP contribution in [0.4, 0.5) is 5.82 Å². The minimum absolute atomic E-state index is 0.0471. The molecule has 0 radical (unpaired) electrons. The van der Waals surface area contributed by atoms with Crippen molar-refractivity contribution in [1.82, 2.24) is 9.78 Å². The fourth-order valence-corrected chi connectivity index (χ4v) is 4.28. The zero-order valence-corrected chi connectivity index (χ0v) is 16.1. The normalized spacial score (nSPS) is 19.9. The molecule has 1 aliphatic rings. The van der Waals surface area contributed by atoms with Crippen molar-refractivity contribution in [2.45, 2.75) is 38.6 Å². The van der Waals surface area contributed by atoms with Crippen LogP contribution < -0.4 is 5.32 Å². The van der Waals surface area contributed by atoms with Crippen LogP contribution in [0.2, 0.25) is 0 Å². The summed E-state index contributed by atoms with van der Waals surface area (Å²) in [6.07, 6.45) is 0.501. The van der Waals surface area contributed by atoms with E-state index in [1.165, 1.54) is 0 Å². The van der Waals surface area contributed by atoms with Gasteiger partial charge in [-0.1, -0.05) is 20.8 Å². The van der Waals surface area contributed by atoms with Gasteiger partial charge < -0.3 is 14.8 Å². The number of amides is 1. The monoisotopic (exact) mass is 373 g/mol. The van der Waals surface area contributed by atoms with Gasteiger partial charge in [0, 0.05) is 18.6 Å². The Morgan fingerprint density at radius 3 is 2.68 bits per heavy atom. The Morgan fingerprint density at radius 1 is 1.40 bits per heavy atom. The number of methoxy groups -OCH3 is 1. The molecule has 2 heterocycles. The number of carbonyl (C=O) groups excluding carboxylic acids is 1. The fourth-order valence-electron chi connectivity index (χ4n) is 2.59. The Morgan fingerprint density at radius 2 is 2.12 bits per heavy atom. The number of sulfone groups is 1. The number of ether oxygens (including phenoxy) is 2. The molecule has 1 atom stereocenters. The average molecular weight is 373 g/mol. The summed E-state index contributed by atoms with van der Waals surface area (Å²) in [6.45, 7) is 6.71. The Hall–Kier alpha value is -1.45. The predicted octanol–water partition coefficient (Wildman–Crippen LogP) is 1.14. The van der Waals surface area contributed by atoms with Gasteiger partial charge in [0.05, 0.1) is 36.5 Å². The topological polar surface area (TPSA) is 99.5 Å². The summed E-state index contributed by atoms with van der Waals surface area (Å²) in [5, 5.41) is 7.35. The van der Waals surface area contributed by atoms with Crippen LogP contribution in [0.3, 0.4) is 0 Å². The lowest BCUT2D eigenvalue weighted by molar-refractivity contribution is -0.121. The summed E-state index contributed by atoms with van der Waals surface area (Å²) < 4.78 is 35.3. The molecule has 25 heavy (non-hydrogen) atoms. The van der Waals surface area contributed by atoms with Crippen LogP contribution in [0.25, 0.3) is 0 Å². The zero-order chi connectivity index (χ0) is 18.7. The van der Waals surface area contributed by atoms with Crippen LogP contribution in [-0.2, 0) is 29.5 Å². The third-order valence-corrected chi connectivity index (χ3v) is 5.74. The smallest absolute Gasteiger partial charge is 0.251 e. The number of anilines is 1. The second-order valence-corrected chi connectivity index (χ2v) is 9.49. The summed E-state index contributed by atoms with van der Waals surface area (Å²) in [6, 6.07) is 1.55. The van der Waals surface area contributed by atoms with E-state index < -0.39 is 9.84 Å². The molecule has 0 bridgehead atoms. The molecule has 0 aromatic carbocycles. The lowest BCUT2D eigenvalue weighted by Crippen LogP contribution is -2.23. The van der Waals surface area contributed by atoms with Gasteiger partial charge in [-0.25, -0.2) is 13.1 Å². The highest BCUT2D eigenvalue weighted by Crippen LogP contribution is 2.30. The minimum atomic E-state index is -3.05. The molecular formula is C16H27N3O5S. The van der Waals surface area contributed by atoms with E-state index >= 15 is 0 Å². The molecule has 0 aliphatic carbocycles. The zero-order valence-electron chi connectivity index (χ0n) is 15.2. The highest BCUT2D eigenvalue weighted by Gasteiger charge is 2.32. The summed E-state index contributed by atoms with van der Waals surface area (Å²) in [4.78, 5) is 12.1. The van der Waals surface area contributed by atoms with Gasteiger partial charge in [-0.05, 0) is 6.42 Å². The first-order valence-electron chi connectivity index (χ1n) is 8.29. The fraction of sp³-hybridized carbons (Fsp3) is 0.750. The van der Waals surface area contributed by atoms with Crippen molar-refractivity contribution < 1.29 is 22.7 Å². The number of aromatic nitrogens is 2. The van der Waals surface area contributed by atoms with Crippen LogP contribution in [0, 0.1) is 0 Å². The van der Waals surface area contributed by atoms with Crippen molar-refractivity contribution in [3.8, 4) is 0 Å². The maximum atomic E-state index is 12.1. The number of hydrogen-bond acceptors (Lipinski definition) is 6. The van der Waals surface area contributed by atoms with Crippen molar-refractivity contribution in [3.05, 3.63) is 11.8 Å². The van der Waals surface area contributed by atoms with E-state index in [1.54, 1.807) is 17.9 Å². The summed E-state index contributed by atoms with van der Waals surface area (Å²) >= 11 is 0. The predicted molar refractivity (Wildman–Crippen MR) is 94.6 cm³/mol. The second-order valence-electron chi connectivity index (χ2n) is 7.26. The van der Waals surface area contributed by atoms with E-state index in [4.69, 9.17) is 9.47 Å². The lowest BCUT2D eigenvalue weighted by Gasteiger charge is -2.15. The first-order valence-corrected chi connectivity index (χ1v) is 10.1. The maximum absolute atomic E-state index is 12.1. The second kappa shape index (κ2) is 7.84. The first kappa shape index (κ1) is 19.9. The van der Waals surface area contributed by atoms with Gasteiger partial charge in [-0.3, -0.25) is 4.79 Å². The van der Waals surface area contributed by atoms with E-state index in [9.17, 15) is 13.2 Å². The highest BCUT2D eigenvalue weighted by molar-refractivity contribution is 7.91. The summed E-state index contributed by atoms with van der Waals surface area (Å²) in [5.74, 6) is 0.396. The van der Waals surface area contributed by atoms with E-state index in [0.717, 1.165) is 5.69 Å². The molecule has 1 amide bonds. The van der Waals surface area contributed by atoms with Crippen LogP contribution in [0.15, 0.2) is 6.07 Å². The third kappa shape index (κ3) is 5.52. The van der Waals surface area contributed by atoms with Gasteiger partial charge in [0.25, 0.3) is 5.91 Å². The molecule has 1 aliphatic heterocycles. The molecule has 1 saturated heterocycles. The number of carbonyl (C=O) groups is 1. The van der Waals surface area contributed by atoms with Crippen LogP contribution in [0.1, 0.15) is 38.9 Å². The van der Waals surface area contributed by atoms with Crippen molar-refractivity contribution in [2.75, 3.05) is 43.8 Å². The van der Waals surface area contributed by atoms with Crippen molar-refractivity contribution in [1.29, 1.82) is 0 Å². The molecule has 9 heteroatoms. The molecular weight excluding hydrogens is 346 g/mol.